The minimum atomic E-state index is -0.823. The summed E-state index contributed by atoms with van der Waals surface area (Å²) in [4.78, 5) is 11.9. The van der Waals surface area contributed by atoms with Crippen LogP contribution in [0.4, 0.5) is 17.2 Å². The van der Waals surface area contributed by atoms with Crippen LogP contribution >= 0.6 is 11.9 Å². The van der Waals surface area contributed by atoms with E-state index in [1.165, 1.54) is 16.7 Å². The minimum absolute atomic E-state index is 0.0151. The number of anilines is 3. The number of hydrogen-bond donors (Lipinski definition) is 3. The van der Waals surface area contributed by atoms with E-state index >= 15 is 0 Å². The summed E-state index contributed by atoms with van der Waals surface area (Å²) in [6, 6.07) is 16.5. The molecule has 0 aliphatic carbocycles. The molecule has 210 valence electrons. The Morgan fingerprint density at radius 2 is 1.73 bits per heavy atom. The molecule has 1 aromatic heterocycles. The lowest BCUT2D eigenvalue weighted by Crippen LogP contribution is -2.22. The van der Waals surface area contributed by atoms with Gasteiger partial charge in [0.05, 0.1) is 24.3 Å². The van der Waals surface area contributed by atoms with Crippen molar-refractivity contribution in [1.29, 1.82) is 0 Å². The second-order valence-electron chi connectivity index (χ2n) is 11.0. The van der Waals surface area contributed by atoms with Crippen LogP contribution in [0, 0.1) is 20.8 Å². The number of fused-ring (bicyclic) bond motifs is 3. The van der Waals surface area contributed by atoms with Crippen LogP contribution in [0.1, 0.15) is 48.6 Å². The van der Waals surface area contributed by atoms with E-state index in [4.69, 9.17) is 9.63 Å². The highest BCUT2D eigenvalue weighted by molar-refractivity contribution is 7.99. The maximum atomic E-state index is 11.9. The van der Waals surface area contributed by atoms with E-state index in [0.29, 0.717) is 12.4 Å². The van der Waals surface area contributed by atoms with Gasteiger partial charge in [0.2, 0.25) is 0 Å². The van der Waals surface area contributed by atoms with Crippen LogP contribution in [0.15, 0.2) is 59.3 Å². The molecule has 1 aliphatic heterocycles. The highest BCUT2D eigenvalue weighted by Crippen LogP contribution is 2.50. The Morgan fingerprint density at radius 3 is 2.30 bits per heavy atom. The predicted molar refractivity (Wildman–Crippen MR) is 164 cm³/mol. The molecule has 0 amide bonds. The van der Waals surface area contributed by atoms with Crippen LogP contribution < -0.4 is 9.62 Å². The quantitative estimate of drug-likeness (QED) is 0.207. The summed E-state index contributed by atoms with van der Waals surface area (Å²) < 4.78 is 7.21. The van der Waals surface area contributed by atoms with Crippen LogP contribution in [-0.4, -0.2) is 33.2 Å². The molecule has 0 atom stereocenters. The fraction of sp³-hybridized carbons (Fsp3) is 0.312. The molecule has 5 rings (SSSR count). The first-order valence-corrected chi connectivity index (χ1v) is 14.3. The number of carboxylic acids is 1. The number of nitrogens with zero attached hydrogens (tertiary/aromatic N) is 2. The normalized spacial score (nSPS) is 12.2. The summed E-state index contributed by atoms with van der Waals surface area (Å²) in [7, 11) is 0. The lowest BCUT2D eigenvalue weighted by Gasteiger charge is -2.36. The van der Waals surface area contributed by atoms with Gasteiger partial charge in [0.1, 0.15) is 6.26 Å². The largest absolute Gasteiger partial charge is 0.481 e. The molecule has 3 aromatic carbocycles. The summed E-state index contributed by atoms with van der Waals surface area (Å²) >= 11 is 1.66. The van der Waals surface area contributed by atoms with Crippen molar-refractivity contribution >= 4 is 35.1 Å². The maximum absolute atomic E-state index is 11.9. The average molecular weight is 560 g/mol. The predicted octanol–water partition coefficient (Wildman–Crippen LogP) is 7.68. The number of carbonyl (C=O) groups is 1. The number of aliphatic carboxylic acids is 1. The zero-order valence-corrected chi connectivity index (χ0v) is 24.9. The Balaban J connectivity index is 0.000000681. The van der Waals surface area contributed by atoms with Crippen molar-refractivity contribution in [1.82, 2.24) is 5.16 Å². The van der Waals surface area contributed by atoms with E-state index in [0.717, 1.165) is 44.8 Å². The maximum Gasteiger partial charge on any atom is 0.307 e. The molecular formula is C32H37N3O4S. The van der Waals surface area contributed by atoms with Gasteiger partial charge in [0.25, 0.3) is 0 Å². The lowest BCUT2D eigenvalue weighted by molar-refractivity contribution is -0.136. The first kappa shape index (κ1) is 29.2. The van der Waals surface area contributed by atoms with Crippen LogP contribution in [0.5, 0.6) is 0 Å². The molecule has 2 heterocycles. The number of hydrogen-bond acceptors (Lipinski definition) is 7. The molecule has 4 aromatic rings. The van der Waals surface area contributed by atoms with Gasteiger partial charge in [-0.1, -0.05) is 53.0 Å². The Bertz CT molecular complexity index is 1500. The molecule has 40 heavy (non-hydrogen) atoms. The lowest BCUT2D eigenvalue weighted by atomic mass is 9.81. The number of aliphatic hydroxyl groups is 1. The van der Waals surface area contributed by atoms with Gasteiger partial charge in [-0.15, -0.1) is 0 Å². The molecule has 0 saturated heterocycles. The molecule has 0 radical (unpaired) electrons. The average Bonchev–Trinajstić information content (AvgIpc) is 3.38. The van der Waals surface area contributed by atoms with E-state index in [9.17, 15) is 9.90 Å². The van der Waals surface area contributed by atoms with Gasteiger partial charge in [-0.05, 0) is 92.6 Å². The number of benzene rings is 3. The molecule has 3 N–H and O–H groups in total. The fourth-order valence-corrected chi connectivity index (χ4v) is 5.71. The van der Waals surface area contributed by atoms with Gasteiger partial charge >= 0.3 is 5.97 Å². The van der Waals surface area contributed by atoms with Crippen molar-refractivity contribution in [2.24, 2.45) is 0 Å². The molecule has 0 unspecified atom stereocenters. The Morgan fingerprint density at radius 1 is 1.05 bits per heavy atom. The third-order valence-corrected chi connectivity index (χ3v) is 7.39. The van der Waals surface area contributed by atoms with Crippen LogP contribution in [-0.2, 0) is 17.8 Å². The molecule has 0 fully saturated rings. The Hall–Kier alpha value is -3.75. The Kier molecular flexibility index (Phi) is 8.61. The SMILES string of the molecule is CC(C)(C)O.CSN1Cc2cc(Nc3ccon3)ccc2-c2c(C)c(-c3ccc(C)cc3)c(CC(=O)O)c(C)c21. The topological polar surface area (TPSA) is 98.8 Å². The number of aryl methyl sites for hydroxylation is 1. The van der Waals surface area contributed by atoms with E-state index in [2.05, 4.69) is 84.3 Å². The zero-order valence-electron chi connectivity index (χ0n) is 24.1. The Labute approximate surface area is 240 Å². The number of rotatable bonds is 6. The summed E-state index contributed by atoms with van der Waals surface area (Å²) in [6.07, 6.45) is 3.59. The zero-order chi connectivity index (χ0) is 29.2. The number of carboxylic acid groups (broad SMARTS) is 1. The second-order valence-corrected chi connectivity index (χ2v) is 11.8. The van der Waals surface area contributed by atoms with Crippen LogP contribution in [0.25, 0.3) is 22.3 Å². The third-order valence-electron chi connectivity index (χ3n) is 6.63. The monoisotopic (exact) mass is 559 g/mol. The van der Waals surface area contributed by atoms with Crippen molar-refractivity contribution in [2.45, 2.75) is 60.1 Å². The van der Waals surface area contributed by atoms with Gasteiger partial charge < -0.3 is 24.4 Å². The van der Waals surface area contributed by atoms with Crippen molar-refractivity contribution in [3.63, 3.8) is 0 Å². The standard InChI is InChI=1S/C28H27N3O3S.C4H10O/c1-16-5-7-19(8-6-16)26-18(3)27-22-10-9-21(29-24-11-12-34-30-24)13-20(22)15-31(35-4)28(27)17(2)23(26)14-25(32)33;1-4(2,3)5/h5-13H,14-15H2,1-4H3,(H,29,30)(H,32,33);5H,1-3H3. The summed E-state index contributed by atoms with van der Waals surface area (Å²) in [6.45, 7) is 12.2. The first-order valence-electron chi connectivity index (χ1n) is 13.2. The highest BCUT2D eigenvalue weighted by Gasteiger charge is 2.30. The molecular weight excluding hydrogens is 522 g/mol. The van der Waals surface area contributed by atoms with Crippen LogP contribution in [0.2, 0.25) is 0 Å². The molecule has 0 spiro atoms. The van der Waals surface area contributed by atoms with Gasteiger partial charge in [0, 0.05) is 23.6 Å². The van der Waals surface area contributed by atoms with Crippen molar-refractivity contribution < 1.29 is 19.5 Å². The van der Waals surface area contributed by atoms with Gasteiger partial charge in [-0.3, -0.25) is 4.79 Å². The first-order chi connectivity index (χ1) is 18.9. The number of aromatic nitrogens is 1. The van der Waals surface area contributed by atoms with Crippen molar-refractivity contribution in [3.8, 4) is 22.3 Å². The van der Waals surface area contributed by atoms with E-state index < -0.39 is 11.6 Å². The summed E-state index contributed by atoms with van der Waals surface area (Å²) in [5.74, 6) is -0.161. The highest BCUT2D eigenvalue weighted by atomic mass is 32.2. The summed E-state index contributed by atoms with van der Waals surface area (Å²) in [5, 5.41) is 25.5. The summed E-state index contributed by atoms with van der Waals surface area (Å²) in [5.41, 5.74) is 11.3. The van der Waals surface area contributed by atoms with Gasteiger partial charge in [0.15, 0.2) is 5.82 Å². The van der Waals surface area contributed by atoms with E-state index in [-0.39, 0.29) is 6.42 Å². The molecule has 1 aliphatic rings. The third kappa shape index (κ3) is 6.51. The fourth-order valence-electron chi connectivity index (χ4n) is 5.03. The van der Waals surface area contributed by atoms with Crippen molar-refractivity contribution in [3.05, 3.63) is 82.6 Å². The van der Waals surface area contributed by atoms with Crippen molar-refractivity contribution in [2.75, 3.05) is 15.9 Å². The minimum Gasteiger partial charge on any atom is -0.481 e. The van der Waals surface area contributed by atoms with Crippen LogP contribution in [0.3, 0.4) is 0 Å². The van der Waals surface area contributed by atoms with E-state index in [1.807, 2.05) is 0 Å². The van der Waals surface area contributed by atoms with Gasteiger partial charge in [-0.25, -0.2) is 0 Å². The van der Waals surface area contributed by atoms with E-state index in [1.54, 1.807) is 45.0 Å². The smallest absolute Gasteiger partial charge is 0.307 e. The molecule has 0 saturated carbocycles. The second kappa shape index (κ2) is 11.8. The molecule has 8 heteroatoms. The van der Waals surface area contributed by atoms with Gasteiger partial charge in [-0.2, -0.15) is 0 Å². The molecule has 0 bridgehead atoms. The number of nitrogens with one attached hydrogen (secondary N) is 1. The molecule has 7 nitrogen and oxygen atoms in total.